The Morgan fingerprint density at radius 3 is 2.23 bits per heavy atom. The Bertz CT molecular complexity index is 601. The molecule has 0 radical (unpaired) electrons. The van der Waals surface area contributed by atoms with Crippen LogP contribution in [0.5, 0.6) is 0 Å². The summed E-state index contributed by atoms with van der Waals surface area (Å²) in [7, 11) is 0. The van der Waals surface area contributed by atoms with E-state index < -0.39 is 30.2 Å². The molecule has 0 aliphatic carbocycles. The van der Waals surface area contributed by atoms with Crippen LogP contribution in [0, 0.1) is 11.8 Å². The van der Waals surface area contributed by atoms with Gasteiger partial charge in [-0.15, -0.1) is 0 Å². The van der Waals surface area contributed by atoms with Crippen LogP contribution in [0.2, 0.25) is 0 Å². The minimum absolute atomic E-state index is 0.0681. The Hall–Kier alpha value is -2.57. The van der Waals surface area contributed by atoms with Gasteiger partial charge < -0.3 is 19.9 Å². The van der Waals surface area contributed by atoms with Crippen LogP contribution < -0.4 is 5.32 Å². The fourth-order valence-electron chi connectivity index (χ4n) is 2.23. The monoisotopic (exact) mass is 365 g/mol. The number of carbonyl (C=O) groups is 3. The third-order valence-corrected chi connectivity index (χ3v) is 4.05. The van der Waals surface area contributed by atoms with Gasteiger partial charge in [0.15, 0.2) is 0 Å². The summed E-state index contributed by atoms with van der Waals surface area (Å²) in [4.78, 5) is 35.7. The number of hydrogen-bond acceptors (Lipinski definition) is 5. The van der Waals surface area contributed by atoms with E-state index in [0.717, 1.165) is 5.56 Å². The van der Waals surface area contributed by atoms with E-state index >= 15 is 0 Å². The van der Waals surface area contributed by atoms with Gasteiger partial charge in [-0.25, -0.2) is 14.4 Å². The predicted octanol–water partition coefficient (Wildman–Crippen LogP) is 2.98. The zero-order valence-corrected chi connectivity index (χ0v) is 15.6. The average molecular weight is 365 g/mol. The highest BCUT2D eigenvalue weighted by Crippen LogP contribution is 2.14. The van der Waals surface area contributed by atoms with Gasteiger partial charge in [0.25, 0.3) is 0 Å². The van der Waals surface area contributed by atoms with E-state index in [0.29, 0.717) is 6.42 Å². The fourth-order valence-corrected chi connectivity index (χ4v) is 2.23. The molecule has 3 atom stereocenters. The number of rotatable bonds is 9. The molecule has 1 rings (SSSR count). The number of benzene rings is 1. The van der Waals surface area contributed by atoms with Gasteiger partial charge in [0.05, 0.1) is 0 Å². The van der Waals surface area contributed by atoms with E-state index in [1.165, 1.54) is 0 Å². The molecule has 0 spiro atoms. The van der Waals surface area contributed by atoms with E-state index in [-0.39, 0.29) is 18.4 Å². The molecule has 1 amide bonds. The number of esters is 1. The maximum atomic E-state index is 12.4. The largest absolute Gasteiger partial charge is 0.478 e. The Kier molecular flexibility index (Phi) is 8.61. The van der Waals surface area contributed by atoms with Crippen molar-refractivity contribution in [3.05, 3.63) is 35.9 Å². The number of nitrogens with one attached hydrogen (secondary N) is 1. The Morgan fingerprint density at radius 2 is 1.73 bits per heavy atom. The van der Waals surface area contributed by atoms with Gasteiger partial charge in [-0.2, -0.15) is 0 Å². The van der Waals surface area contributed by atoms with Gasteiger partial charge in [-0.3, -0.25) is 0 Å². The summed E-state index contributed by atoms with van der Waals surface area (Å²) in [6.45, 7) is 6.99. The summed E-state index contributed by atoms with van der Waals surface area (Å²) < 4.78 is 10.2. The van der Waals surface area contributed by atoms with E-state index in [4.69, 9.17) is 9.47 Å². The van der Waals surface area contributed by atoms with Crippen LogP contribution in [0.25, 0.3) is 0 Å². The van der Waals surface area contributed by atoms with Crippen LogP contribution in [-0.2, 0) is 25.7 Å². The minimum Gasteiger partial charge on any atom is -0.478 e. The first-order valence-electron chi connectivity index (χ1n) is 8.66. The summed E-state index contributed by atoms with van der Waals surface area (Å²) in [5.74, 6) is -2.63. The Balaban J connectivity index is 2.71. The molecule has 26 heavy (non-hydrogen) atoms. The van der Waals surface area contributed by atoms with Gasteiger partial charge in [0.1, 0.15) is 12.6 Å². The Labute approximate surface area is 153 Å². The topological polar surface area (TPSA) is 102 Å². The zero-order chi connectivity index (χ0) is 19.7. The Morgan fingerprint density at radius 1 is 1.12 bits per heavy atom. The number of carboxylic acid groups (broad SMARTS) is 1. The van der Waals surface area contributed by atoms with Crippen molar-refractivity contribution in [3.63, 3.8) is 0 Å². The molecule has 0 aliphatic rings. The number of ether oxygens (including phenoxy) is 2. The van der Waals surface area contributed by atoms with Crippen LogP contribution in [0.3, 0.4) is 0 Å². The summed E-state index contributed by atoms with van der Waals surface area (Å²) in [6, 6.07) is 8.15. The van der Waals surface area contributed by atoms with Gasteiger partial charge in [-0.05, 0) is 11.5 Å². The molecule has 0 fully saturated rings. The lowest BCUT2D eigenvalue weighted by molar-refractivity contribution is -0.169. The molecule has 0 aromatic heterocycles. The highest BCUT2D eigenvalue weighted by atomic mass is 16.6. The van der Waals surface area contributed by atoms with Crippen LogP contribution in [0.15, 0.2) is 30.3 Å². The number of carbonyl (C=O) groups excluding carboxylic acids is 2. The van der Waals surface area contributed by atoms with Crippen molar-refractivity contribution in [1.29, 1.82) is 0 Å². The number of amides is 1. The van der Waals surface area contributed by atoms with Crippen LogP contribution in [-0.4, -0.2) is 35.3 Å². The summed E-state index contributed by atoms with van der Waals surface area (Å²) >= 11 is 0. The summed E-state index contributed by atoms with van der Waals surface area (Å²) in [6.07, 6.45) is -1.43. The van der Waals surface area contributed by atoms with E-state index in [2.05, 4.69) is 5.32 Å². The van der Waals surface area contributed by atoms with Crippen molar-refractivity contribution in [2.24, 2.45) is 11.8 Å². The smallest absolute Gasteiger partial charge is 0.408 e. The molecule has 0 aliphatic heterocycles. The van der Waals surface area contributed by atoms with E-state index in [9.17, 15) is 19.5 Å². The highest BCUT2D eigenvalue weighted by Gasteiger charge is 2.33. The molecule has 144 valence electrons. The van der Waals surface area contributed by atoms with E-state index in [1.54, 1.807) is 20.8 Å². The summed E-state index contributed by atoms with van der Waals surface area (Å²) in [5, 5.41) is 11.7. The quantitative estimate of drug-likeness (QED) is 0.652. The molecular weight excluding hydrogens is 338 g/mol. The molecule has 1 unspecified atom stereocenters. The second-order valence-corrected chi connectivity index (χ2v) is 6.51. The second kappa shape index (κ2) is 10.4. The fraction of sp³-hybridized carbons (Fsp3) is 0.526. The maximum absolute atomic E-state index is 12.4. The van der Waals surface area contributed by atoms with Crippen LogP contribution in [0.1, 0.15) is 39.7 Å². The third-order valence-electron chi connectivity index (χ3n) is 4.05. The number of hydrogen-bond donors (Lipinski definition) is 2. The second-order valence-electron chi connectivity index (χ2n) is 6.51. The predicted molar refractivity (Wildman–Crippen MR) is 95.4 cm³/mol. The van der Waals surface area contributed by atoms with Gasteiger partial charge >= 0.3 is 18.0 Å². The first kappa shape index (κ1) is 21.5. The highest BCUT2D eigenvalue weighted by molar-refractivity contribution is 5.84. The normalized spacial score (nSPS) is 14.2. The standard InChI is InChI=1S/C19H27NO6/c1-5-13(4)15(18(23)26-16(12(2)3)17(21)22)20-19(24)25-11-14-9-7-6-8-10-14/h6-10,12-13,15-16H,5,11H2,1-4H3,(H,20,24)(H,21,22)/t13?,15-,16-/m0/s1. The first-order chi connectivity index (χ1) is 12.3. The molecule has 7 nitrogen and oxygen atoms in total. The van der Waals surface area contributed by atoms with Crippen LogP contribution >= 0.6 is 0 Å². The van der Waals surface area contributed by atoms with Gasteiger partial charge in [0.2, 0.25) is 6.10 Å². The summed E-state index contributed by atoms with van der Waals surface area (Å²) in [5.41, 5.74) is 0.816. The lowest BCUT2D eigenvalue weighted by Crippen LogP contribution is -2.48. The van der Waals surface area contributed by atoms with Gasteiger partial charge in [-0.1, -0.05) is 64.4 Å². The number of carboxylic acids is 1. The molecule has 0 bridgehead atoms. The van der Waals surface area contributed by atoms with Crippen molar-refractivity contribution in [2.75, 3.05) is 0 Å². The third kappa shape index (κ3) is 6.74. The molecule has 7 heteroatoms. The number of aliphatic carboxylic acids is 1. The zero-order valence-electron chi connectivity index (χ0n) is 15.6. The van der Waals surface area contributed by atoms with Crippen molar-refractivity contribution in [2.45, 2.75) is 52.9 Å². The molecule has 0 saturated carbocycles. The molecule has 0 saturated heterocycles. The molecule has 2 N–H and O–H groups in total. The van der Waals surface area contributed by atoms with Crippen molar-refractivity contribution in [1.82, 2.24) is 5.32 Å². The van der Waals surface area contributed by atoms with Crippen molar-refractivity contribution < 1.29 is 29.0 Å². The lowest BCUT2D eigenvalue weighted by atomic mass is 9.99. The van der Waals surface area contributed by atoms with Crippen molar-refractivity contribution in [3.8, 4) is 0 Å². The average Bonchev–Trinajstić information content (AvgIpc) is 2.61. The minimum atomic E-state index is -1.27. The van der Waals surface area contributed by atoms with Gasteiger partial charge in [0, 0.05) is 5.92 Å². The lowest BCUT2D eigenvalue weighted by Gasteiger charge is -2.25. The van der Waals surface area contributed by atoms with Crippen LogP contribution in [0.4, 0.5) is 4.79 Å². The molecule has 1 aromatic carbocycles. The first-order valence-corrected chi connectivity index (χ1v) is 8.66. The van der Waals surface area contributed by atoms with Crippen molar-refractivity contribution >= 4 is 18.0 Å². The maximum Gasteiger partial charge on any atom is 0.408 e. The molecule has 1 aromatic rings. The molecular formula is C19H27NO6. The molecule has 0 heterocycles. The SMILES string of the molecule is CCC(C)[C@H](NC(=O)OCc1ccccc1)C(=O)O[C@H](C(=O)O)C(C)C. The number of alkyl carbamates (subject to hydrolysis) is 1. The van der Waals surface area contributed by atoms with E-state index in [1.807, 2.05) is 37.3 Å².